The van der Waals surface area contributed by atoms with Crippen LogP contribution >= 0.6 is 11.3 Å². The average Bonchev–Trinajstić information content (AvgIpc) is 3.01. The lowest BCUT2D eigenvalue weighted by Gasteiger charge is -2.16. The van der Waals surface area contributed by atoms with Crippen LogP contribution in [0, 0.1) is 12.8 Å². The van der Waals surface area contributed by atoms with Crippen molar-refractivity contribution in [3.8, 4) is 0 Å². The van der Waals surface area contributed by atoms with Crippen molar-refractivity contribution in [3.63, 3.8) is 0 Å². The topological polar surface area (TPSA) is 84.3 Å². The van der Waals surface area contributed by atoms with E-state index in [1.807, 2.05) is 24.7 Å². The maximum absolute atomic E-state index is 13.0. The number of rotatable bonds is 5. The number of carbonyl (C=O) groups is 1. The zero-order chi connectivity index (χ0) is 18.5. The van der Waals surface area contributed by atoms with Crippen molar-refractivity contribution in [1.29, 1.82) is 0 Å². The highest BCUT2D eigenvalue weighted by atomic mass is 32.2. The number of hydrogen-bond donors (Lipinski definition) is 1. The fourth-order valence-electron chi connectivity index (χ4n) is 3.39. The molecule has 2 aromatic rings. The molecule has 7 nitrogen and oxygen atoms in total. The molecular formula is C17H22N4O3S2. The van der Waals surface area contributed by atoms with Crippen LogP contribution in [0.5, 0.6) is 0 Å². The van der Waals surface area contributed by atoms with E-state index < -0.39 is 15.9 Å². The van der Waals surface area contributed by atoms with Crippen molar-refractivity contribution in [2.75, 3.05) is 13.1 Å². The first-order chi connectivity index (χ1) is 12.3. The van der Waals surface area contributed by atoms with E-state index in [-0.39, 0.29) is 31.0 Å². The van der Waals surface area contributed by atoms with Gasteiger partial charge in [0, 0.05) is 48.6 Å². The predicted molar refractivity (Wildman–Crippen MR) is 98.4 cm³/mol. The van der Waals surface area contributed by atoms with Gasteiger partial charge in [-0.05, 0) is 25.8 Å². The minimum absolute atomic E-state index is 0.0673. The summed E-state index contributed by atoms with van der Waals surface area (Å²) in [6.45, 7) is 2.35. The quantitative estimate of drug-likeness (QED) is 0.832. The molecule has 0 unspecified atom stereocenters. The number of nitrogens with zero attached hydrogens (tertiary/aromatic N) is 3. The first kappa shape index (κ1) is 17.7. The smallest absolute Gasteiger partial charge is 0.243 e. The van der Waals surface area contributed by atoms with E-state index in [4.69, 9.17) is 0 Å². The third-order valence-corrected chi connectivity index (χ3v) is 7.82. The van der Waals surface area contributed by atoms with Crippen LogP contribution in [-0.4, -0.2) is 47.3 Å². The second-order valence-electron chi connectivity index (χ2n) is 7.17. The first-order valence-corrected chi connectivity index (χ1v) is 11.0. The Hall–Kier alpha value is -1.71. The Balaban J connectivity index is 1.62. The fourth-order valence-corrected chi connectivity index (χ4v) is 6.00. The van der Waals surface area contributed by atoms with Crippen LogP contribution in [0.15, 0.2) is 28.9 Å². The van der Waals surface area contributed by atoms with Crippen molar-refractivity contribution in [2.45, 2.75) is 36.6 Å². The average molecular weight is 395 g/mol. The standard InChI is InChI=1S/C17H22N4O3S2/c1-11-5-13(9-25-11)26(23,24)21-6-14(16-8-20(2)10-18-16)15(7-21)17(22)19-12-3-4-12/h5,8-10,12,14-15H,3-4,6-7H2,1-2H3,(H,19,22)/t14-,15-/m1/s1. The third kappa shape index (κ3) is 3.30. The van der Waals surface area contributed by atoms with E-state index >= 15 is 0 Å². The molecule has 1 saturated carbocycles. The van der Waals surface area contributed by atoms with Crippen molar-refractivity contribution < 1.29 is 13.2 Å². The van der Waals surface area contributed by atoms with Gasteiger partial charge < -0.3 is 9.88 Å². The van der Waals surface area contributed by atoms with Crippen molar-refractivity contribution >= 4 is 27.3 Å². The number of aryl methyl sites for hydroxylation is 2. The van der Waals surface area contributed by atoms with Crippen LogP contribution in [0.3, 0.4) is 0 Å². The van der Waals surface area contributed by atoms with Gasteiger partial charge in [0.05, 0.1) is 22.8 Å². The van der Waals surface area contributed by atoms with Gasteiger partial charge in [-0.3, -0.25) is 4.79 Å². The van der Waals surface area contributed by atoms with Crippen molar-refractivity contribution in [2.24, 2.45) is 13.0 Å². The molecule has 26 heavy (non-hydrogen) atoms. The third-order valence-electron chi connectivity index (χ3n) is 5.00. The molecule has 2 aliphatic rings. The molecule has 1 saturated heterocycles. The number of sulfonamides is 1. The second-order valence-corrected chi connectivity index (χ2v) is 10.2. The number of hydrogen-bond acceptors (Lipinski definition) is 5. The van der Waals surface area contributed by atoms with E-state index in [0.717, 1.165) is 23.4 Å². The highest BCUT2D eigenvalue weighted by Crippen LogP contribution is 2.36. The zero-order valence-corrected chi connectivity index (χ0v) is 16.4. The summed E-state index contributed by atoms with van der Waals surface area (Å²) in [5.41, 5.74) is 0.766. The highest BCUT2D eigenvalue weighted by molar-refractivity contribution is 7.89. The molecule has 0 spiro atoms. The Morgan fingerprint density at radius 1 is 1.35 bits per heavy atom. The first-order valence-electron chi connectivity index (χ1n) is 8.68. The number of imidazole rings is 1. The summed E-state index contributed by atoms with van der Waals surface area (Å²) in [7, 11) is -1.73. The molecule has 4 rings (SSSR count). The van der Waals surface area contributed by atoms with Gasteiger partial charge in [-0.25, -0.2) is 13.4 Å². The molecule has 1 N–H and O–H groups in total. The van der Waals surface area contributed by atoms with Crippen LogP contribution < -0.4 is 5.32 Å². The van der Waals surface area contributed by atoms with E-state index in [1.165, 1.54) is 15.6 Å². The van der Waals surface area contributed by atoms with E-state index in [1.54, 1.807) is 17.8 Å². The van der Waals surface area contributed by atoms with Crippen LogP contribution in [0.25, 0.3) is 0 Å². The Labute approximate surface area is 157 Å². The number of carbonyl (C=O) groups excluding carboxylic acids is 1. The molecule has 2 atom stereocenters. The minimum atomic E-state index is -3.60. The van der Waals surface area contributed by atoms with Crippen LogP contribution in [-0.2, 0) is 21.9 Å². The SMILES string of the molecule is Cc1cc(S(=O)(=O)N2C[C@@H](C(=O)NC3CC3)[C@H](c3cn(C)cn3)C2)cs1. The Bertz CT molecular complexity index is 929. The van der Waals surface area contributed by atoms with Crippen LogP contribution in [0.2, 0.25) is 0 Å². The number of amides is 1. The molecule has 1 aliphatic heterocycles. The van der Waals surface area contributed by atoms with Gasteiger partial charge in [-0.15, -0.1) is 11.3 Å². The predicted octanol–water partition coefficient (Wildman–Crippen LogP) is 1.47. The molecule has 2 aromatic heterocycles. The molecule has 1 amide bonds. The summed E-state index contributed by atoms with van der Waals surface area (Å²) in [6.07, 6.45) is 5.56. The molecule has 3 heterocycles. The zero-order valence-electron chi connectivity index (χ0n) is 14.8. The molecule has 1 aliphatic carbocycles. The molecule has 0 bridgehead atoms. The number of thiophene rings is 1. The monoisotopic (exact) mass is 394 g/mol. The second kappa shape index (κ2) is 6.47. The fraction of sp³-hybridized carbons (Fsp3) is 0.529. The van der Waals surface area contributed by atoms with Gasteiger partial charge in [0.15, 0.2) is 0 Å². The van der Waals surface area contributed by atoms with Gasteiger partial charge in [-0.1, -0.05) is 0 Å². The summed E-state index contributed by atoms with van der Waals surface area (Å²) in [5, 5.41) is 4.69. The summed E-state index contributed by atoms with van der Waals surface area (Å²) in [6, 6.07) is 1.94. The van der Waals surface area contributed by atoms with Gasteiger partial charge in [0.25, 0.3) is 0 Å². The van der Waals surface area contributed by atoms with Crippen LogP contribution in [0.4, 0.5) is 0 Å². The van der Waals surface area contributed by atoms with E-state index in [0.29, 0.717) is 4.90 Å². The lowest BCUT2D eigenvalue weighted by Crippen LogP contribution is -2.36. The molecular weight excluding hydrogens is 372 g/mol. The summed E-state index contributed by atoms with van der Waals surface area (Å²) >= 11 is 1.41. The number of aromatic nitrogens is 2. The van der Waals surface area contributed by atoms with Gasteiger partial charge in [0.2, 0.25) is 15.9 Å². The Morgan fingerprint density at radius 2 is 2.12 bits per heavy atom. The summed E-state index contributed by atoms with van der Waals surface area (Å²) in [5.74, 6) is -0.716. The molecule has 140 valence electrons. The molecule has 9 heteroatoms. The van der Waals surface area contributed by atoms with Crippen molar-refractivity contribution in [3.05, 3.63) is 34.5 Å². The van der Waals surface area contributed by atoms with Crippen LogP contribution in [0.1, 0.15) is 29.3 Å². The molecule has 0 radical (unpaired) electrons. The van der Waals surface area contributed by atoms with Crippen molar-refractivity contribution in [1.82, 2.24) is 19.2 Å². The minimum Gasteiger partial charge on any atom is -0.353 e. The van der Waals surface area contributed by atoms with Gasteiger partial charge >= 0.3 is 0 Å². The Morgan fingerprint density at radius 3 is 2.69 bits per heavy atom. The molecule has 2 fully saturated rings. The largest absolute Gasteiger partial charge is 0.353 e. The van der Waals surface area contributed by atoms with Gasteiger partial charge in [-0.2, -0.15) is 4.31 Å². The maximum Gasteiger partial charge on any atom is 0.243 e. The summed E-state index contributed by atoms with van der Waals surface area (Å²) in [4.78, 5) is 18.4. The lowest BCUT2D eigenvalue weighted by molar-refractivity contribution is -0.125. The summed E-state index contributed by atoms with van der Waals surface area (Å²) < 4.78 is 29.3. The lowest BCUT2D eigenvalue weighted by atomic mass is 9.92. The maximum atomic E-state index is 13.0. The normalized spacial score (nSPS) is 24.1. The molecule has 0 aromatic carbocycles. The van der Waals surface area contributed by atoms with E-state index in [9.17, 15) is 13.2 Å². The Kier molecular flexibility index (Phi) is 4.40. The number of nitrogens with one attached hydrogen (secondary N) is 1. The van der Waals surface area contributed by atoms with E-state index in [2.05, 4.69) is 10.3 Å². The van der Waals surface area contributed by atoms with Gasteiger partial charge in [0.1, 0.15) is 0 Å². The highest BCUT2D eigenvalue weighted by Gasteiger charge is 2.45.